The van der Waals surface area contributed by atoms with Crippen molar-refractivity contribution in [3.05, 3.63) is 58.1 Å². The van der Waals surface area contributed by atoms with Crippen LogP contribution < -0.4 is 4.90 Å². The van der Waals surface area contributed by atoms with Crippen molar-refractivity contribution in [2.75, 3.05) is 18.1 Å². The number of esters is 1. The minimum absolute atomic E-state index is 0.0732. The number of para-hydroxylation sites is 1. The van der Waals surface area contributed by atoms with Gasteiger partial charge in [0, 0.05) is 16.7 Å². The van der Waals surface area contributed by atoms with Crippen molar-refractivity contribution in [2.24, 2.45) is 0 Å². The standard InChI is InChI=1S/C19H17Cl2NO3S/c1-12-9-10-22(15-7-2-3-8-16(15)26-12)17(23)11-25-19(24)18-13(20)5-4-6-14(18)21/h2-8,12H,9-11H2,1H3. The minimum Gasteiger partial charge on any atom is -0.452 e. The zero-order valence-electron chi connectivity index (χ0n) is 14.1. The lowest BCUT2D eigenvalue weighted by Crippen LogP contribution is -2.35. The second-order valence-corrected chi connectivity index (χ2v) is 8.20. The van der Waals surface area contributed by atoms with Gasteiger partial charge in [-0.25, -0.2) is 4.79 Å². The number of fused-ring (bicyclic) bond motifs is 1. The van der Waals surface area contributed by atoms with Crippen LogP contribution in [0.1, 0.15) is 23.7 Å². The maximum atomic E-state index is 12.7. The van der Waals surface area contributed by atoms with Crippen LogP contribution in [0.5, 0.6) is 0 Å². The van der Waals surface area contributed by atoms with E-state index in [1.54, 1.807) is 34.9 Å². The second kappa shape index (κ2) is 8.33. The van der Waals surface area contributed by atoms with Gasteiger partial charge in [0.25, 0.3) is 5.91 Å². The molecule has 0 N–H and O–H groups in total. The summed E-state index contributed by atoms with van der Waals surface area (Å²) in [5, 5.41) is 0.791. The van der Waals surface area contributed by atoms with Gasteiger partial charge in [-0.2, -0.15) is 0 Å². The van der Waals surface area contributed by atoms with Crippen LogP contribution >= 0.6 is 35.0 Å². The summed E-state index contributed by atoms with van der Waals surface area (Å²) in [4.78, 5) is 27.7. The molecule has 1 aliphatic heterocycles. The fourth-order valence-electron chi connectivity index (χ4n) is 2.72. The number of carbonyl (C=O) groups is 2. The van der Waals surface area contributed by atoms with Gasteiger partial charge < -0.3 is 9.64 Å². The number of thioether (sulfide) groups is 1. The third-order valence-electron chi connectivity index (χ3n) is 4.04. The number of halogens is 2. The molecule has 2 aromatic carbocycles. The van der Waals surface area contributed by atoms with Crippen LogP contribution in [-0.2, 0) is 9.53 Å². The van der Waals surface area contributed by atoms with Crippen LogP contribution in [-0.4, -0.2) is 30.3 Å². The molecule has 0 saturated heterocycles. The first-order chi connectivity index (χ1) is 12.5. The van der Waals surface area contributed by atoms with Crippen molar-refractivity contribution in [3.8, 4) is 0 Å². The van der Waals surface area contributed by atoms with E-state index in [1.165, 1.54) is 0 Å². The summed E-state index contributed by atoms with van der Waals surface area (Å²) < 4.78 is 5.18. The van der Waals surface area contributed by atoms with Crippen molar-refractivity contribution in [1.29, 1.82) is 0 Å². The van der Waals surface area contributed by atoms with E-state index in [9.17, 15) is 9.59 Å². The molecule has 136 valence electrons. The highest BCUT2D eigenvalue weighted by Crippen LogP contribution is 2.37. The van der Waals surface area contributed by atoms with Gasteiger partial charge in [0.05, 0.1) is 21.3 Å². The van der Waals surface area contributed by atoms with Gasteiger partial charge in [-0.15, -0.1) is 11.8 Å². The highest BCUT2D eigenvalue weighted by molar-refractivity contribution is 8.00. The highest BCUT2D eigenvalue weighted by atomic mass is 35.5. The van der Waals surface area contributed by atoms with E-state index in [4.69, 9.17) is 27.9 Å². The topological polar surface area (TPSA) is 46.6 Å². The zero-order chi connectivity index (χ0) is 18.7. The Morgan fingerprint density at radius 1 is 1.15 bits per heavy atom. The van der Waals surface area contributed by atoms with E-state index < -0.39 is 5.97 Å². The van der Waals surface area contributed by atoms with Crippen LogP contribution in [0.4, 0.5) is 5.69 Å². The number of hydrogen-bond acceptors (Lipinski definition) is 4. The van der Waals surface area contributed by atoms with Gasteiger partial charge >= 0.3 is 5.97 Å². The number of nitrogens with zero attached hydrogens (tertiary/aromatic N) is 1. The molecule has 1 unspecified atom stereocenters. The number of benzene rings is 2. The Kier molecular flexibility index (Phi) is 6.12. The highest BCUT2D eigenvalue weighted by Gasteiger charge is 2.25. The van der Waals surface area contributed by atoms with Gasteiger partial charge in [0.1, 0.15) is 0 Å². The average Bonchev–Trinajstić information content (AvgIpc) is 2.77. The third-order valence-corrected chi connectivity index (χ3v) is 5.91. The molecule has 0 radical (unpaired) electrons. The molecule has 0 aromatic heterocycles. The zero-order valence-corrected chi connectivity index (χ0v) is 16.4. The number of carbonyl (C=O) groups excluding carboxylic acids is 2. The van der Waals surface area contributed by atoms with Crippen LogP contribution in [0.15, 0.2) is 47.4 Å². The van der Waals surface area contributed by atoms with Crippen molar-refractivity contribution >= 4 is 52.5 Å². The molecule has 26 heavy (non-hydrogen) atoms. The summed E-state index contributed by atoms with van der Waals surface area (Å²) in [6.45, 7) is 2.34. The molecule has 1 aliphatic rings. The molecule has 1 heterocycles. The largest absolute Gasteiger partial charge is 0.452 e. The number of ether oxygens (including phenoxy) is 1. The summed E-state index contributed by atoms with van der Waals surface area (Å²) in [6.07, 6.45) is 0.857. The molecular formula is C19H17Cl2NO3S. The number of rotatable bonds is 3. The Morgan fingerprint density at radius 3 is 2.58 bits per heavy atom. The molecule has 4 nitrogen and oxygen atoms in total. The van der Waals surface area contributed by atoms with Gasteiger partial charge in [-0.3, -0.25) is 4.79 Å². The van der Waals surface area contributed by atoms with E-state index >= 15 is 0 Å². The first kappa shape index (κ1) is 19.1. The van der Waals surface area contributed by atoms with Crippen LogP contribution in [0.25, 0.3) is 0 Å². The Morgan fingerprint density at radius 2 is 1.85 bits per heavy atom. The van der Waals surface area contributed by atoms with Gasteiger partial charge in [0.15, 0.2) is 6.61 Å². The van der Waals surface area contributed by atoms with E-state index in [0.29, 0.717) is 11.8 Å². The first-order valence-electron chi connectivity index (χ1n) is 8.14. The molecule has 1 atom stereocenters. The summed E-state index contributed by atoms with van der Waals surface area (Å²) in [6, 6.07) is 12.5. The number of amides is 1. The molecule has 0 saturated carbocycles. The summed E-state index contributed by atoms with van der Waals surface area (Å²) >= 11 is 13.8. The minimum atomic E-state index is -0.709. The molecular weight excluding hydrogens is 393 g/mol. The normalized spacial score (nSPS) is 16.6. The van der Waals surface area contributed by atoms with Crippen molar-refractivity contribution in [1.82, 2.24) is 0 Å². The summed E-state index contributed by atoms with van der Waals surface area (Å²) in [5.41, 5.74) is 0.919. The van der Waals surface area contributed by atoms with Gasteiger partial charge in [0.2, 0.25) is 0 Å². The Labute approximate surface area is 166 Å². The molecule has 7 heteroatoms. The smallest absolute Gasteiger partial charge is 0.341 e. The Bertz CT molecular complexity index is 823. The van der Waals surface area contributed by atoms with Crippen molar-refractivity contribution in [3.63, 3.8) is 0 Å². The van der Waals surface area contributed by atoms with Crippen LogP contribution in [0, 0.1) is 0 Å². The third kappa shape index (κ3) is 4.17. The fourth-order valence-corrected chi connectivity index (χ4v) is 4.38. The van der Waals surface area contributed by atoms with E-state index in [0.717, 1.165) is 17.0 Å². The Hall–Kier alpha value is -1.69. The summed E-state index contributed by atoms with van der Waals surface area (Å²) in [5.74, 6) is -0.983. The number of hydrogen-bond donors (Lipinski definition) is 0. The van der Waals surface area contributed by atoms with Crippen LogP contribution in [0.2, 0.25) is 10.0 Å². The average molecular weight is 410 g/mol. The van der Waals surface area contributed by atoms with Gasteiger partial charge in [-0.05, 0) is 30.7 Å². The summed E-state index contributed by atoms with van der Waals surface area (Å²) in [7, 11) is 0. The first-order valence-corrected chi connectivity index (χ1v) is 9.78. The lowest BCUT2D eigenvalue weighted by atomic mass is 10.2. The van der Waals surface area contributed by atoms with Gasteiger partial charge in [-0.1, -0.05) is 48.3 Å². The molecule has 0 fully saturated rings. The molecule has 2 aromatic rings. The molecule has 0 aliphatic carbocycles. The SMILES string of the molecule is CC1CCN(C(=O)COC(=O)c2c(Cl)cccc2Cl)c2ccccc2S1. The maximum Gasteiger partial charge on any atom is 0.341 e. The fraction of sp³-hybridized carbons (Fsp3) is 0.263. The van der Waals surface area contributed by atoms with E-state index in [2.05, 4.69) is 6.92 Å². The predicted molar refractivity (Wildman–Crippen MR) is 105 cm³/mol. The van der Waals surface area contributed by atoms with E-state index in [1.807, 2.05) is 24.3 Å². The lowest BCUT2D eigenvalue weighted by molar-refractivity contribution is -0.121. The second-order valence-electron chi connectivity index (χ2n) is 5.90. The van der Waals surface area contributed by atoms with E-state index in [-0.39, 0.29) is 28.1 Å². The van der Waals surface area contributed by atoms with Crippen molar-refractivity contribution in [2.45, 2.75) is 23.5 Å². The molecule has 3 rings (SSSR count). The Balaban J connectivity index is 1.73. The number of anilines is 1. The van der Waals surface area contributed by atoms with Crippen molar-refractivity contribution < 1.29 is 14.3 Å². The monoisotopic (exact) mass is 409 g/mol. The molecule has 1 amide bonds. The van der Waals surface area contributed by atoms with Crippen LogP contribution in [0.3, 0.4) is 0 Å². The maximum absolute atomic E-state index is 12.7. The quantitative estimate of drug-likeness (QED) is 0.663. The molecule has 0 bridgehead atoms. The molecule has 0 spiro atoms. The lowest BCUT2D eigenvalue weighted by Gasteiger charge is -2.22. The predicted octanol–water partition coefficient (Wildman–Crippen LogP) is 5.07.